The van der Waals surface area contributed by atoms with Crippen LogP contribution in [0.3, 0.4) is 0 Å². The number of carbonyl (C=O) groups is 1. The second kappa shape index (κ2) is 13.6. The molecule has 1 saturated heterocycles. The SMILES string of the molecule is CCO[C@H]1CN(C)C(=O)[C@@H]2C[C@@H](CN2c2nc(CC3(C#N)CC3)nc3c2cnn3-c2ccc(F)cc2F)Nc2nccc(n2)-c2cc(F)cc3nc(C)n(c23)C1. The topological polar surface area (TPSA) is 156 Å². The van der Waals surface area contributed by atoms with E-state index in [-0.39, 0.29) is 48.7 Å². The van der Waals surface area contributed by atoms with E-state index in [2.05, 4.69) is 26.5 Å². The number of anilines is 2. The van der Waals surface area contributed by atoms with Crippen molar-refractivity contribution in [2.75, 3.05) is 37.0 Å². The normalized spacial score (nSPS) is 20.5. The highest BCUT2D eigenvalue weighted by molar-refractivity contribution is 5.94. The highest BCUT2D eigenvalue weighted by Gasteiger charge is 2.45. The average Bonchev–Trinajstić information content (AvgIpc) is 3.45. The molecule has 0 spiro atoms. The average molecular weight is 763 g/mol. The molecule has 2 fully saturated rings. The van der Waals surface area contributed by atoms with Gasteiger partial charge in [-0.1, -0.05) is 0 Å². The van der Waals surface area contributed by atoms with Crippen LogP contribution in [0, 0.1) is 41.1 Å². The van der Waals surface area contributed by atoms with Crippen LogP contribution >= 0.6 is 0 Å². The smallest absolute Gasteiger partial charge is 0.245 e. The van der Waals surface area contributed by atoms with Crippen LogP contribution in [0.1, 0.15) is 37.8 Å². The minimum absolute atomic E-state index is 0.0148. The molecule has 2 aliphatic heterocycles. The number of likely N-dealkylation sites (N-methyl/N-ethyl adjacent to an activating group) is 1. The van der Waals surface area contributed by atoms with Crippen molar-refractivity contribution in [3.63, 3.8) is 0 Å². The Bertz CT molecular complexity index is 2580. The van der Waals surface area contributed by atoms with Gasteiger partial charge in [-0.3, -0.25) is 4.79 Å². The van der Waals surface area contributed by atoms with E-state index in [1.165, 1.54) is 29.1 Å². The molecule has 3 aliphatic rings. The largest absolute Gasteiger partial charge is 0.375 e. The lowest BCUT2D eigenvalue weighted by Gasteiger charge is -2.31. The predicted octanol–water partition coefficient (Wildman–Crippen LogP) is 5.13. The van der Waals surface area contributed by atoms with E-state index in [0.717, 1.165) is 12.1 Å². The zero-order chi connectivity index (χ0) is 38.9. The lowest BCUT2D eigenvalue weighted by atomic mass is 10.0. The molecule has 56 heavy (non-hydrogen) atoms. The fraction of sp³-hybridized carbons (Fsp3) is 0.385. The first kappa shape index (κ1) is 35.5. The van der Waals surface area contributed by atoms with Gasteiger partial charge in [-0.15, -0.1) is 0 Å². The second-order valence-corrected chi connectivity index (χ2v) is 14.8. The summed E-state index contributed by atoms with van der Waals surface area (Å²) in [7, 11) is 1.73. The zero-order valence-corrected chi connectivity index (χ0v) is 30.9. The Morgan fingerprint density at radius 2 is 1.88 bits per heavy atom. The summed E-state index contributed by atoms with van der Waals surface area (Å²) >= 11 is 0. The number of amides is 1. The summed E-state index contributed by atoms with van der Waals surface area (Å²) in [5, 5.41) is 18.3. The summed E-state index contributed by atoms with van der Waals surface area (Å²) in [6.07, 6.45) is 4.61. The Kier molecular flexibility index (Phi) is 8.60. The number of imidazole rings is 1. The summed E-state index contributed by atoms with van der Waals surface area (Å²) < 4.78 is 53.8. The number of hydrogen-bond donors (Lipinski definition) is 1. The molecule has 9 rings (SSSR count). The first-order valence-electron chi connectivity index (χ1n) is 18.5. The number of fused-ring (bicyclic) bond motifs is 6. The molecule has 2 aromatic carbocycles. The lowest BCUT2D eigenvalue weighted by molar-refractivity contribution is -0.133. The van der Waals surface area contributed by atoms with Gasteiger partial charge in [-0.2, -0.15) is 10.4 Å². The van der Waals surface area contributed by atoms with Crippen molar-refractivity contribution in [1.29, 1.82) is 5.26 Å². The van der Waals surface area contributed by atoms with E-state index >= 15 is 8.78 Å². The molecule has 286 valence electrons. The van der Waals surface area contributed by atoms with Gasteiger partial charge >= 0.3 is 0 Å². The van der Waals surface area contributed by atoms with Gasteiger partial charge in [0.05, 0.1) is 52.4 Å². The van der Waals surface area contributed by atoms with Crippen molar-refractivity contribution < 1.29 is 22.7 Å². The van der Waals surface area contributed by atoms with E-state index in [9.17, 15) is 14.4 Å². The van der Waals surface area contributed by atoms with Gasteiger partial charge in [-0.05, 0) is 57.4 Å². The number of hydrogen-bond acceptors (Lipinski definition) is 11. The van der Waals surface area contributed by atoms with Crippen LogP contribution in [0.25, 0.3) is 39.0 Å². The maximum absolute atomic E-state index is 15.2. The summed E-state index contributed by atoms with van der Waals surface area (Å²) in [5.41, 5.74) is 1.83. The Hall–Kier alpha value is -6.15. The summed E-state index contributed by atoms with van der Waals surface area (Å²) in [5.74, 6) is -0.538. The molecule has 4 bridgehead atoms. The Balaban J connectivity index is 1.18. The van der Waals surface area contributed by atoms with Gasteiger partial charge in [-0.25, -0.2) is 42.8 Å². The first-order chi connectivity index (χ1) is 27.0. The maximum atomic E-state index is 15.2. The fourth-order valence-corrected chi connectivity index (χ4v) is 8.04. The van der Waals surface area contributed by atoms with Crippen molar-refractivity contribution >= 4 is 39.7 Å². The number of nitrogens with zero attached hydrogens (tertiary/aromatic N) is 11. The van der Waals surface area contributed by atoms with Crippen LogP contribution in [0.15, 0.2) is 48.8 Å². The van der Waals surface area contributed by atoms with Crippen LogP contribution in [-0.4, -0.2) is 95.0 Å². The van der Waals surface area contributed by atoms with Crippen molar-refractivity contribution in [3.05, 3.63) is 77.9 Å². The number of ether oxygens (including phenoxy) is 1. The van der Waals surface area contributed by atoms with Gasteiger partial charge in [0, 0.05) is 63.1 Å². The Morgan fingerprint density at radius 3 is 2.64 bits per heavy atom. The Labute approximate surface area is 319 Å². The third-order valence-electron chi connectivity index (χ3n) is 10.9. The zero-order valence-electron chi connectivity index (χ0n) is 30.9. The number of rotatable bonds is 6. The molecular weight excluding hydrogens is 726 g/mol. The van der Waals surface area contributed by atoms with Gasteiger partial charge in [0.1, 0.15) is 40.8 Å². The molecule has 1 N–H and O–H groups in total. The fourth-order valence-electron chi connectivity index (χ4n) is 8.04. The number of aromatic nitrogens is 8. The minimum atomic E-state index is -0.830. The highest BCUT2D eigenvalue weighted by Crippen LogP contribution is 2.47. The quantitative estimate of drug-likeness (QED) is 0.240. The van der Waals surface area contributed by atoms with Crippen molar-refractivity contribution in [1.82, 2.24) is 44.2 Å². The summed E-state index contributed by atoms with van der Waals surface area (Å²) in [6.45, 7) is 4.96. The number of benzene rings is 2. The Morgan fingerprint density at radius 1 is 1.04 bits per heavy atom. The lowest BCUT2D eigenvalue weighted by Crippen LogP contribution is -2.47. The number of aryl methyl sites for hydroxylation is 1. The van der Waals surface area contributed by atoms with Crippen LogP contribution in [0.4, 0.5) is 24.9 Å². The molecule has 6 heterocycles. The van der Waals surface area contributed by atoms with Gasteiger partial charge in [0.2, 0.25) is 11.9 Å². The predicted molar refractivity (Wildman–Crippen MR) is 199 cm³/mol. The van der Waals surface area contributed by atoms with E-state index in [1.807, 2.05) is 23.3 Å². The van der Waals surface area contributed by atoms with Crippen molar-refractivity contribution in [2.24, 2.45) is 5.41 Å². The van der Waals surface area contributed by atoms with Crippen molar-refractivity contribution in [2.45, 2.75) is 64.3 Å². The minimum Gasteiger partial charge on any atom is -0.375 e. The second-order valence-electron chi connectivity index (χ2n) is 14.8. The molecular formula is C39H37F3N12O2. The molecule has 3 atom stereocenters. The van der Waals surface area contributed by atoms with E-state index in [1.54, 1.807) is 24.2 Å². The van der Waals surface area contributed by atoms with Crippen molar-refractivity contribution in [3.8, 4) is 23.0 Å². The van der Waals surface area contributed by atoms with E-state index in [0.29, 0.717) is 77.6 Å². The summed E-state index contributed by atoms with van der Waals surface area (Å²) in [4.78, 5) is 42.0. The molecule has 1 aliphatic carbocycles. The highest BCUT2D eigenvalue weighted by atomic mass is 19.1. The van der Waals surface area contributed by atoms with Crippen LogP contribution in [0.5, 0.6) is 0 Å². The third kappa shape index (κ3) is 6.23. The molecule has 17 heteroatoms. The monoisotopic (exact) mass is 762 g/mol. The number of nitrogens with one attached hydrogen (secondary N) is 1. The molecule has 4 aromatic heterocycles. The molecule has 14 nitrogen and oxygen atoms in total. The third-order valence-corrected chi connectivity index (χ3v) is 10.9. The van der Waals surface area contributed by atoms with Gasteiger partial charge in [0.15, 0.2) is 11.5 Å². The molecule has 1 amide bonds. The molecule has 0 unspecified atom stereocenters. The van der Waals surface area contributed by atoms with Crippen LogP contribution < -0.4 is 10.2 Å². The number of nitriles is 1. The standard InChI is InChI=1S/C39H37F3N12O2/c1-4-56-25-18-51(3)37(55)32-14-24(47-38-44-10-7-29(48-38)26-11-23(41)13-30-34(26)52(19-25)21(2)46-30)17-53(32)35-27-16-45-54(31-6-5-22(40)12-28(31)42)36(27)50-33(49-35)15-39(20-43)8-9-39/h5-7,10-13,16,24-25,32H,4,8-9,14-15,17-19H2,1-3H3,(H,44,47,48)/t24-,25-,32-/m0/s1. The number of halogens is 3. The molecule has 0 radical (unpaired) electrons. The van der Waals surface area contributed by atoms with E-state index in [4.69, 9.17) is 19.7 Å². The number of carbonyl (C=O) groups excluding carboxylic acids is 1. The van der Waals surface area contributed by atoms with Crippen LogP contribution in [-0.2, 0) is 22.5 Å². The first-order valence-corrected chi connectivity index (χ1v) is 18.5. The maximum Gasteiger partial charge on any atom is 0.245 e. The van der Waals surface area contributed by atoms with Gasteiger partial charge < -0.3 is 24.4 Å². The summed E-state index contributed by atoms with van der Waals surface area (Å²) in [6, 6.07) is 9.05. The van der Waals surface area contributed by atoms with Gasteiger partial charge in [0.25, 0.3) is 0 Å². The van der Waals surface area contributed by atoms with Crippen LogP contribution in [0.2, 0.25) is 0 Å². The van der Waals surface area contributed by atoms with E-state index < -0.39 is 35.0 Å². The molecule has 1 saturated carbocycles. The molecule has 6 aromatic rings.